The van der Waals surface area contributed by atoms with Crippen LogP contribution in [-0.4, -0.2) is 11.7 Å². The van der Waals surface area contributed by atoms with E-state index in [0.717, 1.165) is 0 Å². The third kappa shape index (κ3) is 34.2. The number of hydrogen-bond donors (Lipinski definition) is 1. The molecular weight excluding hydrogens is 189 g/mol. The first-order chi connectivity index (χ1) is 1.41. The molecule has 0 fully saturated rings. The maximum atomic E-state index is 7.57. The van der Waals surface area contributed by atoms with Crippen molar-refractivity contribution in [2.45, 2.75) is 6.92 Å². The van der Waals surface area contributed by atoms with Crippen molar-refractivity contribution in [3.8, 4) is 0 Å². The molecule has 0 rings (SSSR count). The van der Waals surface area contributed by atoms with Crippen LogP contribution in [0.3, 0.4) is 0 Å². The van der Waals surface area contributed by atoms with Gasteiger partial charge in [0.25, 0.3) is 0 Å². The molecule has 0 atom stereocenters. The molecule has 0 spiro atoms. The Balaban J connectivity index is -0.0000000200. The second-order valence-electron chi connectivity index (χ2n) is 0.316. The summed E-state index contributed by atoms with van der Waals surface area (Å²) in [7, 11) is 0. The molecular formula is C2H6ORuTi. The van der Waals surface area contributed by atoms with Gasteiger partial charge in [-0.15, -0.1) is 0 Å². The first-order valence-electron chi connectivity index (χ1n) is 1.02. The summed E-state index contributed by atoms with van der Waals surface area (Å²) in [6.07, 6.45) is 0. The number of rotatable bonds is 0. The predicted molar refractivity (Wildman–Crippen MR) is 12.8 cm³/mol. The van der Waals surface area contributed by atoms with Crippen LogP contribution >= 0.6 is 0 Å². The van der Waals surface area contributed by atoms with Gasteiger partial charge in [0.2, 0.25) is 0 Å². The summed E-state index contributed by atoms with van der Waals surface area (Å²) in [5, 5.41) is 7.57. The van der Waals surface area contributed by atoms with Crippen LogP contribution in [0, 0.1) is 0 Å². The van der Waals surface area contributed by atoms with Crippen LogP contribution in [0.5, 0.6) is 0 Å². The minimum atomic E-state index is 0. The molecule has 0 heterocycles. The van der Waals surface area contributed by atoms with E-state index in [4.69, 9.17) is 5.11 Å². The Morgan fingerprint density at radius 3 is 1.60 bits per heavy atom. The van der Waals surface area contributed by atoms with E-state index < -0.39 is 0 Å². The van der Waals surface area contributed by atoms with Gasteiger partial charge in [0, 0.05) is 47.8 Å². The normalized spacial score (nSPS) is 3.60. The van der Waals surface area contributed by atoms with Gasteiger partial charge in [-0.1, -0.05) is 0 Å². The SMILES string of the molecule is CCO.[Ru].[Ti]. The largest absolute Gasteiger partial charge is 0.397 e. The summed E-state index contributed by atoms with van der Waals surface area (Å²) in [5.41, 5.74) is 0. The van der Waals surface area contributed by atoms with E-state index in [1.165, 1.54) is 0 Å². The van der Waals surface area contributed by atoms with Crippen molar-refractivity contribution in [3.05, 3.63) is 0 Å². The van der Waals surface area contributed by atoms with Crippen molar-refractivity contribution in [3.63, 3.8) is 0 Å². The Kier molecular flexibility index (Phi) is 60.2. The third-order valence-corrected chi connectivity index (χ3v) is 0. The minimum Gasteiger partial charge on any atom is -0.397 e. The molecule has 0 unspecified atom stereocenters. The standard InChI is InChI=1S/C2H6O.Ru.Ti/c1-2-3;;/h3H,2H2,1H3;;. The van der Waals surface area contributed by atoms with Crippen molar-refractivity contribution in [2.24, 2.45) is 0 Å². The second-order valence-corrected chi connectivity index (χ2v) is 0.316. The molecule has 0 amide bonds. The maximum absolute atomic E-state index is 7.57. The van der Waals surface area contributed by atoms with Gasteiger partial charge in [-0.3, -0.25) is 0 Å². The molecule has 0 aromatic carbocycles. The summed E-state index contributed by atoms with van der Waals surface area (Å²) in [5.74, 6) is 0. The summed E-state index contributed by atoms with van der Waals surface area (Å²) in [6.45, 7) is 1.93. The molecule has 0 bridgehead atoms. The van der Waals surface area contributed by atoms with Crippen molar-refractivity contribution in [1.29, 1.82) is 0 Å². The number of aliphatic hydroxyl groups excluding tert-OH is 1. The first-order valence-corrected chi connectivity index (χ1v) is 1.02. The molecule has 0 aliphatic carbocycles. The van der Waals surface area contributed by atoms with Crippen LogP contribution in [-0.2, 0) is 41.2 Å². The van der Waals surface area contributed by atoms with Gasteiger partial charge in [0.15, 0.2) is 0 Å². The summed E-state index contributed by atoms with van der Waals surface area (Å²) < 4.78 is 0. The first kappa shape index (κ1) is 16.3. The molecule has 0 aliphatic heterocycles. The van der Waals surface area contributed by atoms with Crippen LogP contribution in [0.1, 0.15) is 6.92 Å². The Hall–Kier alpha value is 1.30. The van der Waals surface area contributed by atoms with Crippen LogP contribution in [0.25, 0.3) is 0 Å². The Labute approximate surface area is 59.8 Å². The van der Waals surface area contributed by atoms with E-state index in [0.29, 0.717) is 0 Å². The number of hydrogen-bond acceptors (Lipinski definition) is 1. The molecule has 1 nitrogen and oxygen atoms in total. The molecule has 0 radical (unpaired) electrons. The summed E-state index contributed by atoms with van der Waals surface area (Å²) in [4.78, 5) is 0. The van der Waals surface area contributed by atoms with Crippen LogP contribution in [0.4, 0.5) is 0 Å². The molecule has 3 heteroatoms. The Morgan fingerprint density at radius 2 is 1.60 bits per heavy atom. The molecule has 1 N–H and O–H groups in total. The van der Waals surface area contributed by atoms with E-state index in [9.17, 15) is 0 Å². The topological polar surface area (TPSA) is 20.2 Å². The quantitative estimate of drug-likeness (QED) is 0.539. The van der Waals surface area contributed by atoms with E-state index in [2.05, 4.69) is 0 Å². The van der Waals surface area contributed by atoms with E-state index >= 15 is 0 Å². The van der Waals surface area contributed by atoms with Crippen LogP contribution in [0.15, 0.2) is 0 Å². The average Bonchev–Trinajstić information content (AvgIpc) is 0.918. The third-order valence-electron chi connectivity index (χ3n) is 0. The van der Waals surface area contributed by atoms with Gasteiger partial charge in [0.1, 0.15) is 0 Å². The van der Waals surface area contributed by atoms with Crippen molar-refractivity contribution in [2.75, 3.05) is 6.61 Å². The Bertz CT molecular complexity index is 9.61. The molecule has 0 aromatic heterocycles. The minimum absolute atomic E-state index is 0. The van der Waals surface area contributed by atoms with Crippen molar-refractivity contribution < 1.29 is 46.3 Å². The van der Waals surface area contributed by atoms with Crippen molar-refractivity contribution >= 4 is 0 Å². The zero-order valence-electron chi connectivity index (χ0n) is 3.01. The van der Waals surface area contributed by atoms with E-state index in [1.54, 1.807) is 6.92 Å². The number of aliphatic hydroxyl groups is 1. The average molecular weight is 195 g/mol. The van der Waals surface area contributed by atoms with Crippen LogP contribution < -0.4 is 0 Å². The molecule has 5 heavy (non-hydrogen) atoms. The van der Waals surface area contributed by atoms with E-state index in [-0.39, 0.29) is 47.8 Å². The summed E-state index contributed by atoms with van der Waals surface area (Å²) in [6, 6.07) is 0. The van der Waals surface area contributed by atoms with E-state index in [1.807, 2.05) is 0 Å². The molecule has 0 aromatic rings. The molecule has 0 saturated heterocycles. The molecule has 0 saturated carbocycles. The van der Waals surface area contributed by atoms with Gasteiger partial charge in [-0.2, -0.15) is 0 Å². The monoisotopic (exact) mass is 196 g/mol. The van der Waals surface area contributed by atoms with Gasteiger partial charge in [-0.05, 0) is 6.92 Å². The predicted octanol–water partition coefficient (Wildman–Crippen LogP) is -0.00640. The maximum Gasteiger partial charge on any atom is 0.0402 e. The molecule has 0 aliphatic rings. The fourth-order valence-electron chi connectivity index (χ4n) is 0. The van der Waals surface area contributed by atoms with Crippen molar-refractivity contribution in [1.82, 2.24) is 0 Å². The second kappa shape index (κ2) is 18.5. The van der Waals surface area contributed by atoms with Gasteiger partial charge in [0.05, 0.1) is 0 Å². The van der Waals surface area contributed by atoms with Gasteiger partial charge >= 0.3 is 0 Å². The van der Waals surface area contributed by atoms with Crippen LogP contribution in [0.2, 0.25) is 0 Å². The smallest absolute Gasteiger partial charge is 0.0402 e. The molecule has 32 valence electrons. The fourth-order valence-corrected chi connectivity index (χ4v) is 0. The zero-order valence-corrected chi connectivity index (χ0v) is 6.31. The summed E-state index contributed by atoms with van der Waals surface area (Å²) >= 11 is 0. The van der Waals surface area contributed by atoms with Gasteiger partial charge < -0.3 is 5.11 Å². The Morgan fingerprint density at radius 1 is 1.60 bits per heavy atom. The van der Waals surface area contributed by atoms with Gasteiger partial charge in [-0.25, -0.2) is 0 Å². The fraction of sp³-hybridized carbons (Fsp3) is 1.00. The zero-order chi connectivity index (χ0) is 2.71.